The lowest BCUT2D eigenvalue weighted by molar-refractivity contribution is 0.340. The Morgan fingerprint density at radius 1 is 1.39 bits per heavy atom. The Hall–Kier alpha value is -0.960. The normalized spacial score (nSPS) is 24.3. The Balaban J connectivity index is 2.07. The van der Waals surface area contributed by atoms with Crippen molar-refractivity contribution < 1.29 is 4.74 Å². The van der Waals surface area contributed by atoms with E-state index >= 15 is 0 Å². The SMILES string of the molecule is CCOc1cccnc1NC1CCCCCC1Cl. The highest BCUT2D eigenvalue weighted by Crippen LogP contribution is 2.28. The van der Waals surface area contributed by atoms with Gasteiger partial charge in [0.1, 0.15) is 0 Å². The molecular formula is C14H21ClN2O. The van der Waals surface area contributed by atoms with Crippen LogP contribution < -0.4 is 10.1 Å². The lowest BCUT2D eigenvalue weighted by Crippen LogP contribution is -2.29. The molecule has 0 saturated heterocycles. The molecule has 1 saturated carbocycles. The van der Waals surface area contributed by atoms with Crippen LogP contribution in [0, 0.1) is 0 Å². The van der Waals surface area contributed by atoms with E-state index in [0.717, 1.165) is 24.4 Å². The molecule has 2 atom stereocenters. The van der Waals surface area contributed by atoms with E-state index in [0.29, 0.717) is 12.6 Å². The molecule has 3 nitrogen and oxygen atoms in total. The number of anilines is 1. The van der Waals surface area contributed by atoms with Crippen molar-refractivity contribution in [3.8, 4) is 5.75 Å². The molecule has 0 spiro atoms. The molecule has 1 fully saturated rings. The van der Waals surface area contributed by atoms with Gasteiger partial charge in [0, 0.05) is 12.2 Å². The number of ether oxygens (including phenoxy) is 1. The standard InChI is InChI=1S/C14H21ClN2O/c1-2-18-13-9-6-10-16-14(13)17-12-8-5-3-4-7-11(12)15/h6,9-12H,2-5,7-8H2,1H3,(H,16,17). The number of halogens is 1. The van der Waals surface area contributed by atoms with E-state index in [4.69, 9.17) is 16.3 Å². The highest BCUT2D eigenvalue weighted by atomic mass is 35.5. The van der Waals surface area contributed by atoms with Crippen molar-refractivity contribution in [2.45, 2.75) is 50.4 Å². The first-order valence-electron chi connectivity index (χ1n) is 6.79. The fourth-order valence-electron chi connectivity index (χ4n) is 2.37. The van der Waals surface area contributed by atoms with E-state index in [9.17, 15) is 0 Å². The molecule has 1 aromatic rings. The molecule has 0 bridgehead atoms. The van der Waals surface area contributed by atoms with Gasteiger partial charge in [-0.25, -0.2) is 4.98 Å². The maximum absolute atomic E-state index is 6.44. The number of rotatable bonds is 4. The van der Waals surface area contributed by atoms with Crippen LogP contribution in [0.15, 0.2) is 18.3 Å². The monoisotopic (exact) mass is 268 g/mol. The molecule has 1 aliphatic rings. The molecule has 0 radical (unpaired) electrons. The number of alkyl halides is 1. The quantitative estimate of drug-likeness (QED) is 0.666. The number of nitrogens with one attached hydrogen (secondary N) is 1. The number of aromatic nitrogens is 1. The molecule has 0 aromatic carbocycles. The first-order chi connectivity index (χ1) is 8.81. The van der Waals surface area contributed by atoms with Crippen LogP contribution in [0.25, 0.3) is 0 Å². The van der Waals surface area contributed by atoms with Crippen LogP contribution in [0.1, 0.15) is 39.0 Å². The Morgan fingerprint density at radius 2 is 2.22 bits per heavy atom. The summed E-state index contributed by atoms with van der Waals surface area (Å²) in [6.07, 6.45) is 7.71. The van der Waals surface area contributed by atoms with Crippen LogP contribution in [-0.4, -0.2) is 23.0 Å². The molecule has 0 amide bonds. The predicted octanol–water partition coefficient (Wildman–Crippen LogP) is 3.83. The zero-order valence-corrected chi connectivity index (χ0v) is 11.6. The van der Waals surface area contributed by atoms with E-state index in [2.05, 4.69) is 10.3 Å². The van der Waals surface area contributed by atoms with Crippen LogP contribution in [0.5, 0.6) is 5.75 Å². The molecule has 1 aliphatic carbocycles. The molecule has 4 heteroatoms. The first-order valence-corrected chi connectivity index (χ1v) is 7.23. The van der Waals surface area contributed by atoms with E-state index in [-0.39, 0.29) is 5.38 Å². The van der Waals surface area contributed by atoms with E-state index < -0.39 is 0 Å². The smallest absolute Gasteiger partial charge is 0.169 e. The number of hydrogen-bond acceptors (Lipinski definition) is 3. The van der Waals surface area contributed by atoms with Crippen molar-refractivity contribution in [2.24, 2.45) is 0 Å². The summed E-state index contributed by atoms with van der Waals surface area (Å²) in [6.45, 7) is 2.63. The average molecular weight is 269 g/mol. The molecule has 1 aromatic heterocycles. The fourth-order valence-corrected chi connectivity index (χ4v) is 2.71. The van der Waals surface area contributed by atoms with Gasteiger partial charge in [-0.2, -0.15) is 0 Å². The van der Waals surface area contributed by atoms with Crippen LogP contribution >= 0.6 is 11.6 Å². The topological polar surface area (TPSA) is 34.1 Å². The van der Waals surface area contributed by atoms with Crippen LogP contribution in [0.3, 0.4) is 0 Å². The largest absolute Gasteiger partial charge is 0.490 e. The highest BCUT2D eigenvalue weighted by molar-refractivity contribution is 6.21. The minimum absolute atomic E-state index is 0.184. The lowest BCUT2D eigenvalue weighted by atomic mass is 10.1. The third kappa shape index (κ3) is 3.52. The Bertz CT molecular complexity index is 373. The van der Waals surface area contributed by atoms with Gasteiger partial charge in [-0.3, -0.25) is 0 Å². The molecular weight excluding hydrogens is 248 g/mol. The molecule has 100 valence electrons. The molecule has 1 heterocycles. The van der Waals surface area contributed by atoms with Crippen LogP contribution in [0.4, 0.5) is 5.82 Å². The third-order valence-electron chi connectivity index (χ3n) is 3.32. The zero-order valence-electron chi connectivity index (χ0n) is 10.9. The summed E-state index contributed by atoms with van der Waals surface area (Å²) >= 11 is 6.44. The molecule has 0 aliphatic heterocycles. The maximum atomic E-state index is 6.44. The number of pyridine rings is 1. The first kappa shape index (κ1) is 13.5. The second-order valence-corrected chi connectivity index (χ2v) is 5.25. The second kappa shape index (κ2) is 6.83. The van der Waals surface area contributed by atoms with E-state index in [1.54, 1.807) is 6.20 Å². The summed E-state index contributed by atoms with van der Waals surface area (Å²) < 4.78 is 5.58. The Morgan fingerprint density at radius 3 is 3.06 bits per heavy atom. The number of nitrogens with zero attached hydrogens (tertiary/aromatic N) is 1. The molecule has 1 N–H and O–H groups in total. The minimum atomic E-state index is 0.184. The molecule has 2 rings (SSSR count). The highest BCUT2D eigenvalue weighted by Gasteiger charge is 2.22. The van der Waals surface area contributed by atoms with Gasteiger partial charge in [0.15, 0.2) is 11.6 Å². The van der Waals surface area contributed by atoms with Crippen molar-refractivity contribution in [3.63, 3.8) is 0 Å². The van der Waals surface area contributed by atoms with Gasteiger partial charge in [-0.05, 0) is 31.9 Å². The van der Waals surface area contributed by atoms with Gasteiger partial charge in [-0.1, -0.05) is 19.3 Å². The van der Waals surface area contributed by atoms with Gasteiger partial charge < -0.3 is 10.1 Å². The lowest BCUT2D eigenvalue weighted by Gasteiger charge is -2.22. The third-order valence-corrected chi connectivity index (χ3v) is 3.85. The summed E-state index contributed by atoms with van der Waals surface area (Å²) in [6, 6.07) is 4.13. The average Bonchev–Trinajstić information content (AvgIpc) is 2.58. The molecule has 2 unspecified atom stereocenters. The van der Waals surface area contributed by atoms with Crippen LogP contribution in [-0.2, 0) is 0 Å². The minimum Gasteiger partial charge on any atom is -0.490 e. The van der Waals surface area contributed by atoms with Crippen LogP contribution in [0.2, 0.25) is 0 Å². The second-order valence-electron chi connectivity index (χ2n) is 4.69. The number of hydrogen-bond donors (Lipinski definition) is 1. The summed E-state index contributed by atoms with van der Waals surface area (Å²) in [5, 5.41) is 3.64. The fraction of sp³-hybridized carbons (Fsp3) is 0.643. The van der Waals surface area contributed by atoms with Crippen molar-refractivity contribution in [1.29, 1.82) is 0 Å². The summed E-state index contributed by atoms with van der Waals surface area (Å²) in [5.41, 5.74) is 0. The van der Waals surface area contributed by atoms with Crippen molar-refractivity contribution in [1.82, 2.24) is 4.98 Å². The summed E-state index contributed by atoms with van der Waals surface area (Å²) in [4.78, 5) is 4.36. The van der Waals surface area contributed by atoms with Crippen molar-refractivity contribution >= 4 is 17.4 Å². The van der Waals surface area contributed by atoms with Gasteiger partial charge in [0.25, 0.3) is 0 Å². The van der Waals surface area contributed by atoms with Gasteiger partial charge >= 0.3 is 0 Å². The van der Waals surface area contributed by atoms with Gasteiger partial charge in [-0.15, -0.1) is 11.6 Å². The van der Waals surface area contributed by atoms with Gasteiger partial charge in [0.05, 0.1) is 12.0 Å². The predicted molar refractivity (Wildman–Crippen MR) is 75.5 cm³/mol. The molecule has 18 heavy (non-hydrogen) atoms. The maximum Gasteiger partial charge on any atom is 0.169 e. The van der Waals surface area contributed by atoms with Gasteiger partial charge in [0.2, 0.25) is 0 Å². The van der Waals surface area contributed by atoms with Crippen molar-refractivity contribution in [3.05, 3.63) is 18.3 Å². The zero-order chi connectivity index (χ0) is 12.8. The summed E-state index contributed by atoms with van der Waals surface area (Å²) in [7, 11) is 0. The van der Waals surface area contributed by atoms with E-state index in [1.165, 1.54) is 19.3 Å². The van der Waals surface area contributed by atoms with Crippen molar-refractivity contribution in [2.75, 3.05) is 11.9 Å². The Labute approximate surface area is 114 Å². The Kier molecular flexibility index (Phi) is 5.12. The summed E-state index contributed by atoms with van der Waals surface area (Å²) in [5.74, 6) is 1.63. The van der Waals surface area contributed by atoms with E-state index in [1.807, 2.05) is 19.1 Å².